The predicted octanol–water partition coefficient (Wildman–Crippen LogP) is 6.86. The number of aromatic nitrogens is 1. The Morgan fingerprint density at radius 2 is 1.64 bits per heavy atom. The van der Waals surface area contributed by atoms with Gasteiger partial charge in [0.1, 0.15) is 0 Å². The van der Waals surface area contributed by atoms with Crippen molar-refractivity contribution < 1.29 is 4.52 Å². The Morgan fingerprint density at radius 3 is 2.30 bits per heavy atom. The quantitative estimate of drug-likeness (QED) is 0.439. The van der Waals surface area contributed by atoms with Crippen molar-refractivity contribution in [2.75, 3.05) is 37.6 Å². The van der Waals surface area contributed by atoms with Gasteiger partial charge in [0.25, 0.3) is 0 Å². The van der Waals surface area contributed by atoms with Crippen LogP contribution >= 0.6 is 0 Å². The summed E-state index contributed by atoms with van der Waals surface area (Å²) >= 11 is 0. The minimum atomic E-state index is -0.0469. The molecule has 2 aliphatic heterocycles. The third-order valence-electron chi connectivity index (χ3n) is 8.12. The van der Waals surface area contributed by atoms with Gasteiger partial charge in [0.15, 0.2) is 5.58 Å². The van der Waals surface area contributed by atoms with Crippen molar-refractivity contribution >= 4 is 27.4 Å². The molecule has 0 N–H and O–H groups in total. The highest BCUT2D eigenvalue weighted by atomic mass is 16.5. The van der Waals surface area contributed by atoms with Crippen molar-refractivity contribution in [3.8, 4) is 0 Å². The molecule has 2 aliphatic rings. The van der Waals surface area contributed by atoms with E-state index in [4.69, 9.17) is 4.52 Å². The topological polar surface area (TPSA) is 32.5 Å². The average molecular weight is 448 g/mol. The Balaban J connectivity index is 1.35. The molecule has 0 saturated carbocycles. The average Bonchev–Trinajstić information content (AvgIpc) is 3.40. The molecule has 5 rings (SSSR count). The normalized spacial score (nSPS) is 21.5. The van der Waals surface area contributed by atoms with Crippen LogP contribution in [0.2, 0.25) is 0 Å². The van der Waals surface area contributed by atoms with Gasteiger partial charge in [0.2, 0.25) is 0 Å². The van der Waals surface area contributed by atoms with Crippen LogP contribution in [0.3, 0.4) is 0 Å². The van der Waals surface area contributed by atoms with Crippen molar-refractivity contribution in [2.45, 2.75) is 66.2 Å². The lowest BCUT2D eigenvalue weighted by Gasteiger charge is -2.39. The zero-order chi connectivity index (χ0) is 23.4. The van der Waals surface area contributed by atoms with E-state index in [0.29, 0.717) is 5.41 Å². The highest BCUT2D eigenvalue weighted by Crippen LogP contribution is 2.41. The zero-order valence-corrected chi connectivity index (χ0v) is 21.4. The molecule has 2 aromatic carbocycles. The second-order valence-corrected chi connectivity index (χ2v) is 12.6. The summed E-state index contributed by atoms with van der Waals surface area (Å²) < 4.78 is 5.88. The molecule has 178 valence electrons. The van der Waals surface area contributed by atoms with Gasteiger partial charge in [-0.2, -0.15) is 0 Å². The van der Waals surface area contributed by atoms with E-state index in [-0.39, 0.29) is 5.41 Å². The molecule has 33 heavy (non-hydrogen) atoms. The summed E-state index contributed by atoms with van der Waals surface area (Å²) in [6.07, 6.45) is 3.97. The first-order valence-electron chi connectivity index (χ1n) is 12.9. The van der Waals surface area contributed by atoms with Crippen molar-refractivity contribution in [1.29, 1.82) is 0 Å². The molecule has 0 spiro atoms. The van der Waals surface area contributed by atoms with Crippen LogP contribution < -0.4 is 4.90 Å². The van der Waals surface area contributed by atoms with Crippen LogP contribution in [-0.2, 0) is 5.41 Å². The van der Waals surface area contributed by atoms with Crippen LogP contribution in [0.1, 0.15) is 66.5 Å². The minimum absolute atomic E-state index is 0.0469. The standard InChI is InChI=1S/C29H41N3O/c1-28(2,3)21-12-14-31(15-13-21)18-20-11-16-32(19-20)24-17-25-26(23-10-8-7-9-22(23)24)27(30-33-25)29(4,5)6/h7-10,17,20-21H,11-16,18-19H2,1-6H3/t20-/m0/s1. The van der Waals surface area contributed by atoms with Gasteiger partial charge in [-0.3, -0.25) is 0 Å². The first-order chi connectivity index (χ1) is 15.6. The molecule has 0 amide bonds. The SMILES string of the molecule is CC(C)(C)c1noc2cc(N3CC[C@@H](CN4CCC(C(C)(C)C)CC4)C3)c3ccccc3c12. The Hall–Kier alpha value is -2.07. The summed E-state index contributed by atoms with van der Waals surface area (Å²) in [5, 5.41) is 8.27. The first-order valence-corrected chi connectivity index (χ1v) is 12.9. The van der Waals surface area contributed by atoms with E-state index < -0.39 is 0 Å². The lowest BCUT2D eigenvalue weighted by molar-refractivity contribution is 0.103. The van der Waals surface area contributed by atoms with Gasteiger partial charge in [0, 0.05) is 42.2 Å². The number of benzene rings is 2. The van der Waals surface area contributed by atoms with E-state index in [0.717, 1.165) is 36.2 Å². The summed E-state index contributed by atoms with van der Waals surface area (Å²) in [7, 11) is 0. The van der Waals surface area contributed by atoms with Crippen molar-refractivity contribution in [2.24, 2.45) is 17.3 Å². The summed E-state index contributed by atoms with van der Waals surface area (Å²) in [5.74, 6) is 1.61. The van der Waals surface area contributed by atoms with Crippen LogP contribution in [0.4, 0.5) is 5.69 Å². The van der Waals surface area contributed by atoms with Crippen molar-refractivity contribution in [3.63, 3.8) is 0 Å². The van der Waals surface area contributed by atoms with E-state index >= 15 is 0 Å². The molecular weight excluding hydrogens is 406 g/mol. The maximum Gasteiger partial charge on any atom is 0.169 e. The van der Waals surface area contributed by atoms with Crippen molar-refractivity contribution in [3.05, 3.63) is 36.0 Å². The fraction of sp³-hybridized carbons (Fsp3) is 0.621. The van der Waals surface area contributed by atoms with E-state index in [1.807, 2.05) is 0 Å². The van der Waals surface area contributed by atoms with Gasteiger partial charge >= 0.3 is 0 Å². The zero-order valence-electron chi connectivity index (χ0n) is 21.4. The van der Waals surface area contributed by atoms with Gasteiger partial charge < -0.3 is 14.3 Å². The lowest BCUT2D eigenvalue weighted by Crippen LogP contribution is -2.40. The number of rotatable bonds is 3. The van der Waals surface area contributed by atoms with E-state index in [2.05, 4.69) is 86.8 Å². The molecule has 1 atom stereocenters. The van der Waals surface area contributed by atoms with Gasteiger partial charge in [-0.15, -0.1) is 0 Å². The largest absolute Gasteiger partial charge is 0.371 e. The summed E-state index contributed by atoms with van der Waals surface area (Å²) in [6, 6.07) is 11.1. The molecule has 3 heterocycles. The number of fused-ring (bicyclic) bond motifs is 3. The third kappa shape index (κ3) is 4.39. The highest BCUT2D eigenvalue weighted by Gasteiger charge is 2.32. The maximum atomic E-state index is 5.88. The summed E-state index contributed by atoms with van der Waals surface area (Å²) in [5.41, 5.74) is 3.68. The van der Waals surface area contributed by atoms with Gasteiger partial charge in [-0.1, -0.05) is 71.0 Å². The number of hydrogen-bond acceptors (Lipinski definition) is 4. The Labute approximate surface area is 199 Å². The molecular formula is C29H41N3O. The van der Waals surface area contributed by atoms with Gasteiger partial charge in [0.05, 0.1) is 11.1 Å². The molecule has 4 nitrogen and oxygen atoms in total. The Kier molecular flexibility index (Phi) is 5.71. The number of hydrogen-bond donors (Lipinski definition) is 0. The molecule has 4 heteroatoms. The van der Waals surface area contributed by atoms with Gasteiger partial charge in [-0.25, -0.2) is 0 Å². The van der Waals surface area contributed by atoms with Gasteiger partial charge in [-0.05, 0) is 55.0 Å². The van der Waals surface area contributed by atoms with Crippen LogP contribution in [0.25, 0.3) is 21.7 Å². The molecule has 0 radical (unpaired) electrons. The van der Waals surface area contributed by atoms with Crippen LogP contribution in [-0.4, -0.2) is 42.8 Å². The number of anilines is 1. The van der Waals surface area contributed by atoms with Crippen molar-refractivity contribution in [1.82, 2.24) is 10.1 Å². The Morgan fingerprint density at radius 1 is 0.939 bits per heavy atom. The van der Waals surface area contributed by atoms with E-state index in [1.54, 1.807) is 0 Å². The smallest absolute Gasteiger partial charge is 0.169 e. The Bertz CT molecular complexity index is 1130. The predicted molar refractivity (Wildman–Crippen MR) is 139 cm³/mol. The lowest BCUT2D eigenvalue weighted by atomic mass is 9.75. The highest BCUT2D eigenvalue weighted by molar-refractivity contribution is 6.12. The summed E-state index contributed by atoms with van der Waals surface area (Å²) in [4.78, 5) is 5.32. The molecule has 0 aliphatic carbocycles. The number of likely N-dealkylation sites (tertiary alicyclic amines) is 1. The minimum Gasteiger partial charge on any atom is -0.371 e. The molecule has 0 unspecified atom stereocenters. The number of piperidine rings is 1. The second kappa shape index (κ2) is 8.30. The maximum absolute atomic E-state index is 5.88. The molecule has 2 fully saturated rings. The van der Waals surface area contributed by atoms with Crippen LogP contribution in [0, 0.1) is 17.3 Å². The second-order valence-electron chi connectivity index (χ2n) is 12.6. The third-order valence-corrected chi connectivity index (χ3v) is 8.12. The molecule has 0 bridgehead atoms. The first kappa shape index (κ1) is 22.7. The molecule has 3 aromatic rings. The van der Waals surface area contributed by atoms with Crippen LogP contribution in [0.15, 0.2) is 34.9 Å². The fourth-order valence-electron chi connectivity index (χ4n) is 6.11. The monoisotopic (exact) mass is 447 g/mol. The number of nitrogens with zero attached hydrogens (tertiary/aromatic N) is 3. The van der Waals surface area contributed by atoms with Crippen LogP contribution in [0.5, 0.6) is 0 Å². The fourth-order valence-corrected chi connectivity index (χ4v) is 6.11. The molecule has 1 aromatic heterocycles. The van der Waals surface area contributed by atoms with E-state index in [1.165, 1.54) is 60.7 Å². The van der Waals surface area contributed by atoms with E-state index in [9.17, 15) is 0 Å². The molecule has 2 saturated heterocycles. The summed E-state index contributed by atoms with van der Waals surface area (Å²) in [6.45, 7) is 19.9.